The maximum absolute atomic E-state index is 12.3. The summed E-state index contributed by atoms with van der Waals surface area (Å²) in [5.74, 6) is 0. The minimum Gasteiger partial charge on any atom is -0.316 e. The van der Waals surface area contributed by atoms with Gasteiger partial charge in [0.2, 0.25) is 0 Å². The Hall–Kier alpha value is -1.29. The van der Waals surface area contributed by atoms with E-state index in [-0.39, 0.29) is 5.56 Å². The van der Waals surface area contributed by atoms with E-state index < -0.39 is 12.2 Å². The fourth-order valence-corrected chi connectivity index (χ4v) is 1.16. The van der Waals surface area contributed by atoms with Gasteiger partial charge in [-0.25, -0.2) is 0 Å². The predicted octanol–water partition coefficient (Wildman–Crippen LogP) is 2.89. The van der Waals surface area contributed by atoms with Gasteiger partial charge in [-0.2, -0.15) is 13.2 Å². The average Bonchev–Trinajstić information content (AvgIpc) is 2.15. The van der Waals surface area contributed by atoms with Crippen LogP contribution in [-0.2, 0) is 0 Å². The molecular formula is C10H10F3N. The van der Waals surface area contributed by atoms with Gasteiger partial charge in [-0.15, -0.1) is 0 Å². The molecule has 0 heterocycles. The third kappa shape index (κ3) is 2.14. The molecule has 1 nitrogen and oxygen atoms in total. The van der Waals surface area contributed by atoms with Crippen molar-refractivity contribution in [2.45, 2.75) is 12.2 Å². The lowest BCUT2D eigenvalue weighted by Gasteiger charge is -2.17. The maximum Gasteiger partial charge on any atom is 0.407 e. The van der Waals surface area contributed by atoms with E-state index in [2.05, 4.69) is 6.58 Å². The molecule has 0 aliphatic rings. The zero-order valence-corrected chi connectivity index (χ0v) is 7.38. The van der Waals surface area contributed by atoms with E-state index in [0.717, 1.165) is 0 Å². The van der Waals surface area contributed by atoms with Crippen LogP contribution in [0.2, 0.25) is 0 Å². The second-order valence-corrected chi connectivity index (χ2v) is 2.85. The normalized spacial score (nSPS) is 13.7. The van der Waals surface area contributed by atoms with E-state index in [1.165, 1.54) is 18.2 Å². The van der Waals surface area contributed by atoms with Crippen molar-refractivity contribution in [3.05, 3.63) is 42.0 Å². The molecule has 1 aromatic carbocycles. The van der Waals surface area contributed by atoms with E-state index >= 15 is 0 Å². The summed E-state index contributed by atoms with van der Waals surface area (Å²) >= 11 is 0. The zero-order chi connectivity index (χ0) is 10.8. The Labute approximate surface area is 80.0 Å². The SMILES string of the molecule is C=Cc1ccccc1[C@H](N)C(F)(F)F. The number of halogens is 3. The first-order valence-corrected chi connectivity index (χ1v) is 4.00. The highest BCUT2D eigenvalue weighted by molar-refractivity contribution is 5.52. The van der Waals surface area contributed by atoms with Crippen molar-refractivity contribution >= 4 is 6.08 Å². The Morgan fingerprint density at radius 1 is 1.29 bits per heavy atom. The van der Waals surface area contributed by atoms with Crippen LogP contribution in [0.15, 0.2) is 30.8 Å². The monoisotopic (exact) mass is 201 g/mol. The van der Waals surface area contributed by atoms with Gasteiger partial charge in [0, 0.05) is 0 Å². The van der Waals surface area contributed by atoms with Crippen LogP contribution in [0, 0.1) is 0 Å². The summed E-state index contributed by atoms with van der Waals surface area (Å²) in [6, 6.07) is 4.12. The number of benzene rings is 1. The minimum atomic E-state index is -4.42. The lowest BCUT2D eigenvalue weighted by atomic mass is 10.0. The van der Waals surface area contributed by atoms with E-state index in [9.17, 15) is 13.2 Å². The zero-order valence-electron chi connectivity index (χ0n) is 7.38. The molecule has 0 bridgehead atoms. The summed E-state index contributed by atoms with van der Waals surface area (Å²) < 4.78 is 36.9. The van der Waals surface area contributed by atoms with Gasteiger partial charge >= 0.3 is 6.18 Å². The summed E-state index contributed by atoms with van der Waals surface area (Å²) in [4.78, 5) is 0. The molecule has 0 saturated carbocycles. The molecule has 0 aliphatic carbocycles. The molecule has 0 saturated heterocycles. The van der Waals surface area contributed by atoms with Crippen molar-refractivity contribution in [3.8, 4) is 0 Å². The Morgan fingerprint density at radius 3 is 2.36 bits per heavy atom. The minimum absolute atomic E-state index is 0.0509. The summed E-state index contributed by atoms with van der Waals surface area (Å²) in [5.41, 5.74) is 5.54. The first kappa shape index (κ1) is 10.8. The molecule has 1 atom stereocenters. The van der Waals surface area contributed by atoms with Crippen LogP contribution in [-0.4, -0.2) is 6.18 Å². The summed E-state index contributed by atoms with van der Waals surface area (Å²) in [6.07, 6.45) is -3.06. The second-order valence-electron chi connectivity index (χ2n) is 2.85. The van der Waals surface area contributed by atoms with Crippen LogP contribution < -0.4 is 5.73 Å². The molecule has 0 aromatic heterocycles. The fourth-order valence-electron chi connectivity index (χ4n) is 1.16. The lowest BCUT2D eigenvalue weighted by molar-refractivity contribution is -0.149. The van der Waals surface area contributed by atoms with Gasteiger partial charge in [-0.1, -0.05) is 36.9 Å². The fraction of sp³-hybridized carbons (Fsp3) is 0.200. The van der Waals surface area contributed by atoms with Crippen LogP contribution >= 0.6 is 0 Å². The molecule has 2 N–H and O–H groups in total. The largest absolute Gasteiger partial charge is 0.407 e. The van der Waals surface area contributed by atoms with Crippen LogP contribution in [0.25, 0.3) is 6.08 Å². The number of hydrogen-bond donors (Lipinski definition) is 1. The molecule has 0 fully saturated rings. The van der Waals surface area contributed by atoms with Crippen molar-refractivity contribution in [1.82, 2.24) is 0 Å². The molecule has 14 heavy (non-hydrogen) atoms. The van der Waals surface area contributed by atoms with Crippen molar-refractivity contribution in [2.75, 3.05) is 0 Å². The van der Waals surface area contributed by atoms with Crippen LogP contribution in [0.3, 0.4) is 0 Å². The summed E-state index contributed by atoms with van der Waals surface area (Å²) in [7, 11) is 0. The summed E-state index contributed by atoms with van der Waals surface area (Å²) in [5, 5.41) is 0. The van der Waals surface area contributed by atoms with Crippen LogP contribution in [0.5, 0.6) is 0 Å². The third-order valence-electron chi connectivity index (χ3n) is 1.90. The average molecular weight is 201 g/mol. The first-order chi connectivity index (χ1) is 6.46. The van der Waals surface area contributed by atoms with Gasteiger partial charge in [-0.05, 0) is 11.1 Å². The molecule has 0 unspecified atom stereocenters. The van der Waals surface area contributed by atoms with Crippen molar-refractivity contribution in [1.29, 1.82) is 0 Å². The topological polar surface area (TPSA) is 26.0 Å². The van der Waals surface area contributed by atoms with Gasteiger partial charge in [0.25, 0.3) is 0 Å². The standard InChI is InChI=1S/C10H10F3N/c1-2-7-5-3-4-6-8(7)9(14)10(11,12)13/h2-6,9H,1,14H2/t9-/m0/s1. The number of hydrogen-bond acceptors (Lipinski definition) is 1. The quantitative estimate of drug-likeness (QED) is 0.782. The molecule has 4 heteroatoms. The number of rotatable bonds is 2. The highest BCUT2D eigenvalue weighted by Crippen LogP contribution is 2.32. The van der Waals surface area contributed by atoms with Crippen molar-refractivity contribution < 1.29 is 13.2 Å². The van der Waals surface area contributed by atoms with Gasteiger partial charge in [0.15, 0.2) is 0 Å². The molecule has 0 radical (unpaired) electrons. The van der Waals surface area contributed by atoms with Crippen LogP contribution in [0.4, 0.5) is 13.2 Å². The first-order valence-electron chi connectivity index (χ1n) is 4.00. The smallest absolute Gasteiger partial charge is 0.316 e. The van der Waals surface area contributed by atoms with Crippen LogP contribution in [0.1, 0.15) is 17.2 Å². The Balaban J connectivity index is 3.12. The molecule has 0 aliphatic heterocycles. The molecule has 1 rings (SSSR count). The van der Waals surface area contributed by atoms with Crippen molar-refractivity contribution in [3.63, 3.8) is 0 Å². The molecule has 1 aromatic rings. The van der Waals surface area contributed by atoms with E-state index in [0.29, 0.717) is 5.56 Å². The number of nitrogens with two attached hydrogens (primary N) is 1. The molecule has 76 valence electrons. The van der Waals surface area contributed by atoms with Crippen molar-refractivity contribution in [2.24, 2.45) is 5.73 Å². The Morgan fingerprint density at radius 2 is 1.86 bits per heavy atom. The van der Waals surface area contributed by atoms with Gasteiger partial charge < -0.3 is 5.73 Å². The highest BCUT2D eigenvalue weighted by Gasteiger charge is 2.38. The second kappa shape index (κ2) is 3.84. The van der Waals surface area contributed by atoms with Gasteiger partial charge in [-0.3, -0.25) is 0 Å². The van der Waals surface area contributed by atoms with E-state index in [1.807, 2.05) is 0 Å². The van der Waals surface area contributed by atoms with E-state index in [4.69, 9.17) is 5.73 Å². The van der Waals surface area contributed by atoms with E-state index in [1.54, 1.807) is 12.1 Å². The molecule has 0 amide bonds. The Kier molecular flexibility index (Phi) is 2.96. The lowest BCUT2D eigenvalue weighted by Crippen LogP contribution is -2.29. The Bertz CT molecular complexity index is 330. The molecule has 0 spiro atoms. The number of alkyl halides is 3. The third-order valence-corrected chi connectivity index (χ3v) is 1.90. The van der Waals surface area contributed by atoms with Gasteiger partial charge in [0.1, 0.15) is 6.04 Å². The maximum atomic E-state index is 12.3. The van der Waals surface area contributed by atoms with Gasteiger partial charge in [0.05, 0.1) is 0 Å². The summed E-state index contributed by atoms with van der Waals surface area (Å²) in [6.45, 7) is 3.43. The predicted molar refractivity (Wildman–Crippen MR) is 49.5 cm³/mol. The highest BCUT2D eigenvalue weighted by atomic mass is 19.4. The molecular weight excluding hydrogens is 191 g/mol.